The summed E-state index contributed by atoms with van der Waals surface area (Å²) in [5.41, 5.74) is -0.0128. The second-order valence-corrected chi connectivity index (χ2v) is 6.99. The van der Waals surface area contributed by atoms with E-state index < -0.39 is 0 Å². The second kappa shape index (κ2) is 5.00. The minimum Gasteiger partial charge on any atom is -0.472 e. The monoisotopic (exact) mass is 307 g/mol. The molecule has 3 heteroatoms. The molecule has 2 aromatic carbocycles. The van der Waals surface area contributed by atoms with Crippen molar-refractivity contribution < 1.29 is 9.47 Å². The molecule has 3 nitrogen and oxygen atoms in total. The lowest BCUT2D eigenvalue weighted by atomic mass is 9.67. The van der Waals surface area contributed by atoms with E-state index in [9.17, 15) is 0 Å². The van der Waals surface area contributed by atoms with Crippen molar-refractivity contribution in [3.8, 4) is 17.2 Å². The van der Waals surface area contributed by atoms with Crippen LogP contribution in [0.15, 0.2) is 54.6 Å². The van der Waals surface area contributed by atoms with Gasteiger partial charge in [0.15, 0.2) is 5.72 Å². The third-order valence-corrected chi connectivity index (χ3v) is 5.53. The minimum absolute atomic E-state index is 0.0128. The summed E-state index contributed by atoms with van der Waals surface area (Å²) in [4.78, 5) is 2.61. The van der Waals surface area contributed by atoms with Crippen LogP contribution in [0, 0.1) is 0 Å². The van der Waals surface area contributed by atoms with Crippen molar-refractivity contribution in [2.45, 2.75) is 49.9 Å². The van der Waals surface area contributed by atoms with E-state index in [1.807, 2.05) is 54.6 Å². The number of para-hydroxylation sites is 1. The lowest BCUT2D eigenvalue weighted by molar-refractivity contribution is -0.309. The summed E-state index contributed by atoms with van der Waals surface area (Å²) in [5, 5.41) is 0. The van der Waals surface area contributed by atoms with Crippen molar-refractivity contribution in [3.05, 3.63) is 54.6 Å². The molecule has 0 spiro atoms. The zero-order valence-electron chi connectivity index (χ0n) is 13.2. The Balaban J connectivity index is 1.32. The predicted octanol–water partition coefficient (Wildman–Crippen LogP) is 4.58. The van der Waals surface area contributed by atoms with Gasteiger partial charge in [-0.3, -0.25) is 4.90 Å². The molecule has 3 saturated heterocycles. The van der Waals surface area contributed by atoms with Gasteiger partial charge in [-0.05, 0) is 37.1 Å². The Morgan fingerprint density at radius 3 is 2.30 bits per heavy atom. The molecular formula is C20H21NO2. The van der Waals surface area contributed by atoms with Crippen molar-refractivity contribution in [1.29, 1.82) is 0 Å². The largest absolute Gasteiger partial charge is 0.472 e. The van der Waals surface area contributed by atoms with Crippen molar-refractivity contribution in [3.63, 3.8) is 0 Å². The molecule has 0 saturated carbocycles. The molecule has 3 aliphatic rings. The van der Waals surface area contributed by atoms with E-state index >= 15 is 0 Å². The number of rotatable bonds is 4. The van der Waals surface area contributed by atoms with Gasteiger partial charge in [0.25, 0.3) is 0 Å². The van der Waals surface area contributed by atoms with Gasteiger partial charge in [-0.2, -0.15) is 0 Å². The van der Waals surface area contributed by atoms with Crippen LogP contribution in [0.2, 0.25) is 0 Å². The van der Waals surface area contributed by atoms with Crippen LogP contribution < -0.4 is 9.47 Å². The van der Waals surface area contributed by atoms with Crippen LogP contribution in [-0.4, -0.2) is 22.7 Å². The Hall–Kier alpha value is -2.00. The van der Waals surface area contributed by atoms with Crippen molar-refractivity contribution in [2.75, 3.05) is 0 Å². The first-order chi connectivity index (χ1) is 11.3. The molecule has 0 aliphatic carbocycles. The first-order valence-electron chi connectivity index (χ1n) is 8.63. The van der Waals surface area contributed by atoms with Gasteiger partial charge in [0.2, 0.25) is 0 Å². The van der Waals surface area contributed by atoms with Crippen LogP contribution >= 0.6 is 0 Å². The highest BCUT2D eigenvalue weighted by Crippen LogP contribution is 2.57. The topological polar surface area (TPSA) is 21.7 Å². The number of benzene rings is 2. The van der Waals surface area contributed by atoms with E-state index in [1.54, 1.807) is 0 Å². The van der Waals surface area contributed by atoms with Gasteiger partial charge in [0.05, 0.1) is 0 Å². The van der Waals surface area contributed by atoms with Gasteiger partial charge in [0.1, 0.15) is 17.2 Å². The lowest BCUT2D eigenvalue weighted by Gasteiger charge is -2.71. The maximum atomic E-state index is 6.40. The average molecular weight is 307 g/mol. The summed E-state index contributed by atoms with van der Waals surface area (Å²) in [6.45, 7) is 0. The second-order valence-electron chi connectivity index (χ2n) is 6.99. The van der Waals surface area contributed by atoms with Crippen molar-refractivity contribution >= 4 is 0 Å². The highest BCUT2D eigenvalue weighted by molar-refractivity contribution is 5.37. The third-order valence-electron chi connectivity index (χ3n) is 5.53. The summed E-state index contributed by atoms with van der Waals surface area (Å²) >= 11 is 0. The minimum atomic E-state index is -0.0128. The molecule has 0 amide bonds. The van der Waals surface area contributed by atoms with E-state index in [4.69, 9.17) is 9.47 Å². The van der Waals surface area contributed by atoms with E-state index in [0.29, 0.717) is 0 Å². The SMILES string of the molecule is c1ccc(Oc2cccc(OC34C[C@H]5CCC[C@@H](C3)N54)c2)cc1. The van der Waals surface area contributed by atoms with Crippen molar-refractivity contribution in [2.24, 2.45) is 0 Å². The maximum absolute atomic E-state index is 6.40. The first kappa shape index (κ1) is 13.4. The van der Waals surface area contributed by atoms with Gasteiger partial charge in [-0.1, -0.05) is 30.7 Å². The van der Waals surface area contributed by atoms with Crippen LogP contribution in [-0.2, 0) is 0 Å². The summed E-state index contributed by atoms with van der Waals surface area (Å²) < 4.78 is 12.3. The number of piperidine rings is 2. The van der Waals surface area contributed by atoms with E-state index in [1.165, 1.54) is 32.1 Å². The Morgan fingerprint density at radius 1 is 0.826 bits per heavy atom. The fourth-order valence-electron chi connectivity index (χ4n) is 4.62. The Kier molecular flexibility index (Phi) is 2.92. The Morgan fingerprint density at radius 2 is 1.52 bits per heavy atom. The maximum Gasteiger partial charge on any atom is 0.166 e. The van der Waals surface area contributed by atoms with Crippen molar-refractivity contribution in [1.82, 2.24) is 4.90 Å². The number of ether oxygens (including phenoxy) is 2. The Bertz CT molecular complexity index is 701. The number of hydrogen-bond acceptors (Lipinski definition) is 3. The fourth-order valence-corrected chi connectivity index (χ4v) is 4.62. The van der Waals surface area contributed by atoms with Crippen LogP contribution in [0.1, 0.15) is 32.1 Å². The van der Waals surface area contributed by atoms with Gasteiger partial charge in [-0.25, -0.2) is 0 Å². The van der Waals surface area contributed by atoms with Gasteiger partial charge >= 0.3 is 0 Å². The van der Waals surface area contributed by atoms with E-state index in [-0.39, 0.29) is 5.72 Å². The quantitative estimate of drug-likeness (QED) is 0.825. The molecule has 2 aromatic rings. The predicted molar refractivity (Wildman–Crippen MR) is 88.8 cm³/mol. The van der Waals surface area contributed by atoms with Gasteiger partial charge in [0, 0.05) is 31.0 Å². The molecule has 1 unspecified atom stereocenters. The smallest absolute Gasteiger partial charge is 0.166 e. The molecule has 3 atom stereocenters. The normalized spacial score (nSPS) is 31.5. The molecule has 118 valence electrons. The molecule has 0 N–H and O–H groups in total. The molecule has 0 bridgehead atoms. The zero-order valence-corrected chi connectivity index (χ0v) is 13.2. The van der Waals surface area contributed by atoms with E-state index in [0.717, 1.165) is 29.3 Å². The summed E-state index contributed by atoms with van der Waals surface area (Å²) in [6, 6.07) is 19.5. The number of hydrogen-bond donors (Lipinski definition) is 0. The van der Waals surface area contributed by atoms with Gasteiger partial charge in [-0.15, -0.1) is 0 Å². The average Bonchev–Trinajstić information content (AvgIpc) is 2.53. The Labute approximate surface area is 136 Å². The molecule has 5 rings (SSSR count). The van der Waals surface area contributed by atoms with Crippen LogP contribution in [0.4, 0.5) is 0 Å². The van der Waals surface area contributed by atoms with Crippen LogP contribution in [0.5, 0.6) is 17.2 Å². The first-order valence-corrected chi connectivity index (χ1v) is 8.63. The highest BCUT2D eigenvalue weighted by Gasteiger charge is 2.66. The van der Waals surface area contributed by atoms with Crippen LogP contribution in [0.25, 0.3) is 0 Å². The molecule has 3 aliphatic heterocycles. The number of nitrogens with zero attached hydrogens (tertiary/aromatic N) is 1. The molecule has 0 aromatic heterocycles. The standard InChI is InChI=1S/C20H21NO2/c1-2-8-17(9-3-1)22-18-10-5-11-19(12-18)23-20-13-15-6-4-7-16(14-20)21(15)20/h1-3,5,8-12,15-16H,4,6-7,13-14H2/t15-,16+,20?. The molecule has 0 radical (unpaired) electrons. The van der Waals surface area contributed by atoms with Crippen LogP contribution in [0.3, 0.4) is 0 Å². The zero-order chi connectivity index (χ0) is 15.3. The molecule has 3 heterocycles. The van der Waals surface area contributed by atoms with Gasteiger partial charge < -0.3 is 9.47 Å². The molecular weight excluding hydrogens is 286 g/mol. The third kappa shape index (κ3) is 2.14. The highest BCUT2D eigenvalue weighted by atomic mass is 16.5. The fraction of sp³-hybridized carbons (Fsp3) is 0.400. The molecule has 3 fully saturated rings. The lowest BCUT2D eigenvalue weighted by Crippen LogP contribution is -2.82. The summed E-state index contributed by atoms with van der Waals surface area (Å²) in [6.07, 6.45) is 6.46. The van der Waals surface area contributed by atoms with E-state index in [2.05, 4.69) is 4.90 Å². The summed E-state index contributed by atoms with van der Waals surface area (Å²) in [5.74, 6) is 2.60. The summed E-state index contributed by atoms with van der Waals surface area (Å²) in [7, 11) is 0. The molecule has 23 heavy (non-hydrogen) atoms.